The number of nitrogens with one attached hydrogen (secondary N) is 2. The number of hydrogen-bond acceptors (Lipinski definition) is 6. The second-order valence-corrected chi connectivity index (χ2v) is 9.83. The molecule has 0 bridgehead atoms. The number of morpholine rings is 1. The molecule has 1 aromatic carbocycles. The number of ether oxygens (including phenoxy) is 1. The molecule has 1 amide bonds. The molecule has 146 valence electrons. The van der Waals surface area contributed by atoms with Crippen LogP contribution in [0.3, 0.4) is 0 Å². The molecule has 3 rings (SSSR count). The summed E-state index contributed by atoms with van der Waals surface area (Å²) in [7, 11) is -3.72. The van der Waals surface area contributed by atoms with Crippen molar-refractivity contribution in [3.63, 3.8) is 0 Å². The van der Waals surface area contributed by atoms with Gasteiger partial charge in [-0.1, -0.05) is 22.0 Å². The molecule has 1 unspecified atom stereocenters. The van der Waals surface area contributed by atoms with Gasteiger partial charge in [-0.25, -0.2) is 8.42 Å². The minimum Gasteiger partial charge on any atom is -0.378 e. The Bertz CT molecular complexity index is 897. The summed E-state index contributed by atoms with van der Waals surface area (Å²) in [5, 5.41) is 4.52. The van der Waals surface area contributed by atoms with E-state index in [1.807, 2.05) is 18.2 Å². The third-order valence-electron chi connectivity index (χ3n) is 4.05. The number of thiophene rings is 1. The lowest BCUT2D eigenvalue weighted by Gasteiger charge is -2.31. The van der Waals surface area contributed by atoms with Gasteiger partial charge in [0.1, 0.15) is 4.21 Å². The fourth-order valence-electron chi connectivity index (χ4n) is 2.69. The molecule has 10 heteroatoms. The molecule has 27 heavy (non-hydrogen) atoms. The molecular formula is C17H20BrN3O4S2. The van der Waals surface area contributed by atoms with Crippen molar-refractivity contribution in [2.24, 2.45) is 0 Å². The van der Waals surface area contributed by atoms with E-state index in [0.717, 1.165) is 34.6 Å². The lowest BCUT2D eigenvalue weighted by atomic mass is 10.2. The zero-order valence-electron chi connectivity index (χ0n) is 14.6. The molecule has 1 aliphatic rings. The van der Waals surface area contributed by atoms with Crippen LogP contribution in [-0.4, -0.2) is 46.7 Å². The number of carbonyl (C=O) groups is 1. The molecule has 1 aliphatic heterocycles. The Morgan fingerprint density at radius 2 is 2.04 bits per heavy atom. The number of sulfonamides is 1. The van der Waals surface area contributed by atoms with Crippen LogP contribution in [-0.2, 0) is 19.6 Å². The van der Waals surface area contributed by atoms with Gasteiger partial charge in [-0.3, -0.25) is 4.79 Å². The predicted molar refractivity (Wildman–Crippen MR) is 110 cm³/mol. The maximum absolute atomic E-state index is 12.6. The normalized spacial score (nSPS) is 16.1. The number of halogens is 1. The summed E-state index contributed by atoms with van der Waals surface area (Å²) < 4.78 is 33.4. The van der Waals surface area contributed by atoms with Crippen molar-refractivity contribution in [2.75, 3.05) is 36.5 Å². The van der Waals surface area contributed by atoms with E-state index in [1.165, 1.54) is 13.0 Å². The maximum atomic E-state index is 12.6. The van der Waals surface area contributed by atoms with Crippen molar-refractivity contribution in [3.8, 4) is 0 Å². The second kappa shape index (κ2) is 8.70. The summed E-state index contributed by atoms with van der Waals surface area (Å²) in [6.45, 7) is 4.23. The Morgan fingerprint density at radius 1 is 1.30 bits per heavy atom. The Labute approximate surface area is 170 Å². The molecule has 2 N–H and O–H groups in total. The van der Waals surface area contributed by atoms with E-state index in [2.05, 4.69) is 30.9 Å². The molecule has 2 aromatic rings. The fourth-order valence-corrected chi connectivity index (χ4v) is 5.26. The zero-order chi connectivity index (χ0) is 19.4. The monoisotopic (exact) mass is 473 g/mol. The first-order chi connectivity index (χ1) is 12.9. The lowest BCUT2D eigenvalue weighted by molar-refractivity contribution is -0.117. The lowest BCUT2D eigenvalue weighted by Crippen LogP contribution is -2.42. The summed E-state index contributed by atoms with van der Waals surface area (Å²) in [6.07, 6.45) is 0. The highest BCUT2D eigenvalue weighted by molar-refractivity contribution is 9.10. The molecule has 1 fully saturated rings. The Balaban J connectivity index is 1.74. The van der Waals surface area contributed by atoms with Crippen molar-refractivity contribution in [1.82, 2.24) is 4.72 Å². The Hall–Kier alpha value is -1.46. The maximum Gasteiger partial charge on any atom is 0.250 e. The summed E-state index contributed by atoms with van der Waals surface area (Å²) in [5.41, 5.74) is 1.50. The average molecular weight is 474 g/mol. The molecule has 7 nitrogen and oxygen atoms in total. The van der Waals surface area contributed by atoms with Gasteiger partial charge in [-0.2, -0.15) is 4.72 Å². The SMILES string of the molecule is CC(NS(=O)(=O)c1cccs1)C(=O)Nc1cc(Br)ccc1N1CCOCC1. The highest BCUT2D eigenvalue weighted by Gasteiger charge is 2.24. The first-order valence-electron chi connectivity index (χ1n) is 8.36. The van der Waals surface area contributed by atoms with Crippen LogP contribution in [0.4, 0.5) is 11.4 Å². The highest BCUT2D eigenvalue weighted by Crippen LogP contribution is 2.30. The summed E-state index contributed by atoms with van der Waals surface area (Å²) in [6, 6.07) is 7.87. The quantitative estimate of drug-likeness (QED) is 0.673. The van der Waals surface area contributed by atoms with Gasteiger partial charge in [0.2, 0.25) is 5.91 Å². The predicted octanol–water partition coefficient (Wildman–Crippen LogP) is 2.65. The van der Waals surface area contributed by atoms with Gasteiger partial charge >= 0.3 is 0 Å². The molecular weight excluding hydrogens is 454 g/mol. The van der Waals surface area contributed by atoms with Crippen LogP contribution >= 0.6 is 27.3 Å². The summed E-state index contributed by atoms with van der Waals surface area (Å²) in [4.78, 5) is 14.7. The molecule has 2 heterocycles. The first kappa shape index (κ1) is 20.3. The van der Waals surface area contributed by atoms with Gasteiger partial charge in [-0.05, 0) is 36.6 Å². The van der Waals surface area contributed by atoms with Gasteiger partial charge in [0.15, 0.2) is 0 Å². The third kappa shape index (κ3) is 5.08. The minimum absolute atomic E-state index is 0.179. The topological polar surface area (TPSA) is 87.7 Å². The number of hydrogen-bond donors (Lipinski definition) is 2. The Kier molecular flexibility index (Phi) is 6.53. The minimum atomic E-state index is -3.72. The van der Waals surface area contributed by atoms with E-state index in [-0.39, 0.29) is 4.21 Å². The Morgan fingerprint density at radius 3 is 2.70 bits per heavy atom. The van der Waals surface area contributed by atoms with Crippen molar-refractivity contribution < 1.29 is 17.9 Å². The van der Waals surface area contributed by atoms with E-state index in [9.17, 15) is 13.2 Å². The number of benzene rings is 1. The third-order valence-corrected chi connectivity index (χ3v) is 7.48. The van der Waals surface area contributed by atoms with Gasteiger partial charge in [0.05, 0.1) is 30.6 Å². The van der Waals surface area contributed by atoms with Gasteiger partial charge in [-0.15, -0.1) is 11.3 Å². The standard InChI is InChI=1S/C17H20BrN3O4S2/c1-12(20-27(23,24)16-3-2-10-26-16)17(22)19-14-11-13(18)4-5-15(14)21-6-8-25-9-7-21/h2-5,10-12,20H,6-9H2,1H3,(H,19,22). The van der Waals surface area contributed by atoms with Crippen molar-refractivity contribution in [2.45, 2.75) is 17.2 Å². The van der Waals surface area contributed by atoms with E-state index in [0.29, 0.717) is 18.9 Å². The van der Waals surface area contributed by atoms with Crippen molar-refractivity contribution in [3.05, 3.63) is 40.2 Å². The number of rotatable bonds is 6. The van der Waals surface area contributed by atoms with Gasteiger partial charge in [0, 0.05) is 17.6 Å². The zero-order valence-corrected chi connectivity index (χ0v) is 17.9. The highest BCUT2D eigenvalue weighted by atomic mass is 79.9. The summed E-state index contributed by atoms with van der Waals surface area (Å²) >= 11 is 4.52. The molecule has 1 atom stereocenters. The molecule has 0 saturated carbocycles. The molecule has 1 aromatic heterocycles. The van der Waals surface area contributed by atoms with Crippen molar-refractivity contribution in [1.29, 1.82) is 0 Å². The van der Waals surface area contributed by atoms with Gasteiger partial charge < -0.3 is 15.0 Å². The van der Waals surface area contributed by atoms with Crippen LogP contribution in [0.25, 0.3) is 0 Å². The fraction of sp³-hybridized carbons (Fsp3) is 0.353. The number of amides is 1. The average Bonchev–Trinajstić information content (AvgIpc) is 3.18. The van der Waals surface area contributed by atoms with Gasteiger partial charge in [0.25, 0.3) is 10.0 Å². The number of carbonyl (C=O) groups excluding carboxylic acids is 1. The van der Waals surface area contributed by atoms with Crippen molar-refractivity contribution >= 4 is 54.6 Å². The van der Waals surface area contributed by atoms with Crippen LogP contribution in [0.15, 0.2) is 44.4 Å². The van der Waals surface area contributed by atoms with Crippen LogP contribution in [0.5, 0.6) is 0 Å². The van der Waals surface area contributed by atoms with Crippen LogP contribution in [0, 0.1) is 0 Å². The summed E-state index contributed by atoms with van der Waals surface area (Å²) in [5.74, 6) is -0.428. The number of nitrogens with zero attached hydrogens (tertiary/aromatic N) is 1. The van der Waals surface area contributed by atoms with E-state index < -0.39 is 22.0 Å². The molecule has 0 spiro atoms. The van der Waals surface area contributed by atoms with Crippen LogP contribution in [0.2, 0.25) is 0 Å². The largest absolute Gasteiger partial charge is 0.378 e. The smallest absolute Gasteiger partial charge is 0.250 e. The van der Waals surface area contributed by atoms with E-state index in [4.69, 9.17) is 4.74 Å². The first-order valence-corrected chi connectivity index (χ1v) is 11.5. The van der Waals surface area contributed by atoms with E-state index >= 15 is 0 Å². The van der Waals surface area contributed by atoms with Crippen LogP contribution in [0.1, 0.15) is 6.92 Å². The second-order valence-electron chi connectivity index (χ2n) is 6.03. The molecule has 0 radical (unpaired) electrons. The molecule has 0 aliphatic carbocycles. The molecule has 1 saturated heterocycles. The van der Waals surface area contributed by atoms with Crippen LogP contribution < -0.4 is 14.9 Å². The number of anilines is 2. The van der Waals surface area contributed by atoms with E-state index in [1.54, 1.807) is 11.4 Å².